The Balaban J connectivity index is 2.59. The van der Waals surface area contributed by atoms with E-state index < -0.39 is 0 Å². The standard InChI is InChI=1S/C9H18N4/c1-4-13-7-10-6-5-9(13)11-8-12(2)3/h5,8,10H,4,6-7H2,1-3H3. The van der Waals surface area contributed by atoms with Gasteiger partial charge in [0.25, 0.3) is 0 Å². The van der Waals surface area contributed by atoms with Gasteiger partial charge in [0.15, 0.2) is 0 Å². The number of nitrogens with zero attached hydrogens (tertiary/aromatic N) is 3. The second kappa shape index (κ2) is 4.87. The van der Waals surface area contributed by atoms with Gasteiger partial charge in [-0.2, -0.15) is 0 Å². The van der Waals surface area contributed by atoms with Crippen molar-refractivity contribution in [2.45, 2.75) is 6.92 Å². The fourth-order valence-corrected chi connectivity index (χ4v) is 1.16. The molecule has 13 heavy (non-hydrogen) atoms. The highest BCUT2D eigenvalue weighted by atomic mass is 15.3. The lowest BCUT2D eigenvalue weighted by Gasteiger charge is -2.27. The van der Waals surface area contributed by atoms with Gasteiger partial charge in [-0.05, 0) is 13.0 Å². The van der Waals surface area contributed by atoms with Crippen LogP contribution in [0.4, 0.5) is 0 Å². The summed E-state index contributed by atoms with van der Waals surface area (Å²) >= 11 is 0. The Morgan fingerprint density at radius 3 is 3.08 bits per heavy atom. The van der Waals surface area contributed by atoms with Crippen molar-refractivity contribution in [2.24, 2.45) is 4.99 Å². The van der Waals surface area contributed by atoms with E-state index in [0.717, 1.165) is 25.6 Å². The van der Waals surface area contributed by atoms with Gasteiger partial charge in [0.2, 0.25) is 0 Å². The maximum Gasteiger partial charge on any atom is 0.128 e. The van der Waals surface area contributed by atoms with Crippen LogP contribution < -0.4 is 5.32 Å². The monoisotopic (exact) mass is 182 g/mol. The number of aliphatic imine (C=N–C) groups is 1. The third kappa shape index (κ3) is 3.06. The molecular formula is C9H18N4. The lowest BCUT2D eigenvalue weighted by molar-refractivity contribution is 0.316. The van der Waals surface area contributed by atoms with Crippen molar-refractivity contribution in [3.8, 4) is 0 Å². The highest BCUT2D eigenvalue weighted by molar-refractivity contribution is 5.55. The molecule has 0 saturated carbocycles. The van der Waals surface area contributed by atoms with Crippen LogP contribution in [0.1, 0.15) is 6.92 Å². The van der Waals surface area contributed by atoms with Crippen LogP contribution in [-0.2, 0) is 0 Å². The quantitative estimate of drug-likeness (QED) is 0.503. The van der Waals surface area contributed by atoms with Gasteiger partial charge in [-0.25, -0.2) is 4.99 Å². The number of hydrogen-bond donors (Lipinski definition) is 1. The molecule has 0 aromatic rings. The first-order valence-electron chi connectivity index (χ1n) is 4.60. The maximum absolute atomic E-state index is 4.38. The molecule has 4 nitrogen and oxygen atoms in total. The first-order chi connectivity index (χ1) is 6.24. The van der Waals surface area contributed by atoms with E-state index in [1.165, 1.54) is 0 Å². The lowest BCUT2D eigenvalue weighted by Crippen LogP contribution is -2.37. The van der Waals surface area contributed by atoms with E-state index >= 15 is 0 Å². The fourth-order valence-electron chi connectivity index (χ4n) is 1.16. The molecule has 0 spiro atoms. The van der Waals surface area contributed by atoms with Gasteiger partial charge in [0.1, 0.15) is 5.82 Å². The Morgan fingerprint density at radius 2 is 2.46 bits per heavy atom. The molecule has 1 rings (SSSR count). The van der Waals surface area contributed by atoms with E-state index in [2.05, 4.69) is 28.2 Å². The van der Waals surface area contributed by atoms with Gasteiger partial charge < -0.3 is 9.80 Å². The molecule has 0 aromatic heterocycles. The van der Waals surface area contributed by atoms with E-state index in [0.29, 0.717) is 0 Å². The highest BCUT2D eigenvalue weighted by Crippen LogP contribution is 2.06. The van der Waals surface area contributed by atoms with E-state index in [1.807, 2.05) is 25.3 Å². The summed E-state index contributed by atoms with van der Waals surface area (Å²) in [5, 5.41) is 3.27. The van der Waals surface area contributed by atoms with Crippen LogP contribution >= 0.6 is 0 Å². The van der Waals surface area contributed by atoms with Crippen molar-refractivity contribution in [2.75, 3.05) is 33.9 Å². The summed E-state index contributed by atoms with van der Waals surface area (Å²) in [6.45, 7) is 4.93. The molecule has 0 fully saturated rings. The van der Waals surface area contributed by atoms with Crippen LogP contribution in [0.25, 0.3) is 0 Å². The molecule has 0 aliphatic carbocycles. The molecule has 1 N–H and O–H groups in total. The van der Waals surface area contributed by atoms with Crippen LogP contribution in [0.5, 0.6) is 0 Å². The second-order valence-corrected chi connectivity index (χ2v) is 3.24. The summed E-state index contributed by atoms with van der Waals surface area (Å²) in [5.41, 5.74) is 0. The highest BCUT2D eigenvalue weighted by Gasteiger charge is 2.08. The zero-order valence-electron chi connectivity index (χ0n) is 8.62. The predicted molar refractivity (Wildman–Crippen MR) is 55.5 cm³/mol. The largest absolute Gasteiger partial charge is 0.369 e. The van der Waals surface area contributed by atoms with Crippen molar-refractivity contribution < 1.29 is 0 Å². The zero-order chi connectivity index (χ0) is 9.68. The SMILES string of the molecule is CCN1CNCC=C1N=CN(C)C. The number of hydrogen-bond acceptors (Lipinski definition) is 3. The Kier molecular flexibility index (Phi) is 3.76. The average Bonchev–Trinajstić information content (AvgIpc) is 2.15. The first-order valence-corrected chi connectivity index (χ1v) is 4.60. The van der Waals surface area contributed by atoms with Gasteiger partial charge >= 0.3 is 0 Å². The van der Waals surface area contributed by atoms with Gasteiger partial charge in [-0.15, -0.1) is 0 Å². The maximum atomic E-state index is 4.38. The lowest BCUT2D eigenvalue weighted by atomic mass is 10.4. The summed E-state index contributed by atoms with van der Waals surface area (Å²) < 4.78 is 0. The minimum absolute atomic E-state index is 0.896. The smallest absolute Gasteiger partial charge is 0.128 e. The van der Waals surface area contributed by atoms with Crippen LogP contribution in [0.15, 0.2) is 16.9 Å². The third-order valence-electron chi connectivity index (χ3n) is 1.86. The summed E-state index contributed by atoms with van der Waals surface area (Å²) in [6, 6.07) is 0. The van der Waals surface area contributed by atoms with Crippen LogP contribution in [0.2, 0.25) is 0 Å². The molecule has 0 bridgehead atoms. The predicted octanol–water partition coefficient (Wildman–Crippen LogP) is 0.300. The summed E-state index contributed by atoms with van der Waals surface area (Å²) in [5.74, 6) is 1.06. The molecule has 0 atom stereocenters. The molecule has 0 unspecified atom stereocenters. The normalized spacial score (nSPS) is 17.8. The van der Waals surface area contributed by atoms with Crippen LogP contribution in [0, 0.1) is 0 Å². The van der Waals surface area contributed by atoms with E-state index in [-0.39, 0.29) is 0 Å². The van der Waals surface area contributed by atoms with Crippen molar-refractivity contribution in [1.29, 1.82) is 0 Å². The van der Waals surface area contributed by atoms with Crippen molar-refractivity contribution >= 4 is 6.34 Å². The van der Waals surface area contributed by atoms with Crippen molar-refractivity contribution in [3.05, 3.63) is 11.9 Å². The van der Waals surface area contributed by atoms with Gasteiger partial charge in [-0.1, -0.05) is 0 Å². The molecule has 1 aliphatic rings. The summed E-state index contributed by atoms with van der Waals surface area (Å²) in [4.78, 5) is 8.52. The molecule has 1 heterocycles. The number of nitrogens with one attached hydrogen (secondary N) is 1. The second-order valence-electron chi connectivity index (χ2n) is 3.24. The Hall–Kier alpha value is -1.03. The van der Waals surface area contributed by atoms with Crippen molar-refractivity contribution in [3.63, 3.8) is 0 Å². The topological polar surface area (TPSA) is 30.9 Å². The third-order valence-corrected chi connectivity index (χ3v) is 1.86. The zero-order valence-corrected chi connectivity index (χ0v) is 8.62. The first kappa shape index (κ1) is 10.1. The number of rotatable bonds is 3. The van der Waals surface area contributed by atoms with E-state index in [4.69, 9.17) is 0 Å². The molecule has 0 amide bonds. The Bertz CT molecular complexity index is 208. The van der Waals surface area contributed by atoms with Crippen LogP contribution in [-0.4, -0.2) is 50.0 Å². The molecule has 4 heteroatoms. The molecule has 0 saturated heterocycles. The fraction of sp³-hybridized carbons (Fsp3) is 0.667. The molecule has 0 radical (unpaired) electrons. The van der Waals surface area contributed by atoms with Crippen molar-refractivity contribution in [1.82, 2.24) is 15.1 Å². The van der Waals surface area contributed by atoms with E-state index in [1.54, 1.807) is 0 Å². The molecule has 0 aromatic carbocycles. The minimum Gasteiger partial charge on any atom is -0.369 e. The Labute approximate surface area is 79.9 Å². The Morgan fingerprint density at radius 1 is 1.69 bits per heavy atom. The van der Waals surface area contributed by atoms with Gasteiger partial charge in [0.05, 0.1) is 13.0 Å². The molecule has 74 valence electrons. The molecule has 1 aliphatic heterocycles. The minimum atomic E-state index is 0.896. The van der Waals surface area contributed by atoms with Gasteiger partial charge in [-0.3, -0.25) is 5.32 Å². The van der Waals surface area contributed by atoms with Gasteiger partial charge in [0, 0.05) is 27.2 Å². The summed E-state index contributed by atoms with van der Waals surface area (Å²) in [7, 11) is 3.95. The van der Waals surface area contributed by atoms with Crippen LogP contribution in [0.3, 0.4) is 0 Å². The van der Waals surface area contributed by atoms with E-state index in [9.17, 15) is 0 Å². The molecular weight excluding hydrogens is 164 g/mol. The average molecular weight is 182 g/mol. The summed E-state index contributed by atoms with van der Waals surface area (Å²) in [6.07, 6.45) is 3.94.